The van der Waals surface area contributed by atoms with Gasteiger partial charge in [-0.3, -0.25) is 0 Å². The third-order valence-corrected chi connectivity index (χ3v) is 4.63. The van der Waals surface area contributed by atoms with E-state index in [0.717, 1.165) is 28.6 Å². The van der Waals surface area contributed by atoms with Crippen LogP contribution in [-0.2, 0) is 10.9 Å². The number of nitrogens with one attached hydrogen (secondary N) is 1. The molecule has 0 saturated carbocycles. The Morgan fingerprint density at radius 2 is 1.93 bits per heavy atom. The predicted octanol–water partition coefficient (Wildman–Crippen LogP) is 5.56. The summed E-state index contributed by atoms with van der Waals surface area (Å²) in [6, 6.07) is 6.60. The molecule has 0 saturated heterocycles. The maximum Gasteiger partial charge on any atom is 0.416 e. The number of anilines is 1. The number of aromatic amines is 1. The number of rotatable bonds is 4. The Hall–Kier alpha value is -3.22. The first kappa shape index (κ1) is 19.5. The first-order valence-corrected chi connectivity index (χ1v) is 8.61. The molecule has 0 bridgehead atoms. The zero-order valence-electron chi connectivity index (χ0n) is 15.4. The maximum atomic E-state index is 13.2. The zero-order chi connectivity index (χ0) is 20.6. The molecule has 7 heteroatoms. The fourth-order valence-corrected chi connectivity index (χ4v) is 3.35. The van der Waals surface area contributed by atoms with Gasteiger partial charge in [-0.25, -0.2) is 4.79 Å². The van der Waals surface area contributed by atoms with Crippen LogP contribution in [0.4, 0.5) is 19.0 Å². The van der Waals surface area contributed by atoms with Crippen molar-refractivity contribution >= 4 is 28.8 Å². The number of hydrogen-bond acceptors (Lipinski definition) is 3. The molecule has 1 heterocycles. The van der Waals surface area contributed by atoms with E-state index in [9.17, 15) is 18.0 Å². The summed E-state index contributed by atoms with van der Waals surface area (Å²) in [7, 11) is 0. The maximum absolute atomic E-state index is 13.2. The molecule has 3 rings (SSSR count). The van der Waals surface area contributed by atoms with E-state index in [1.54, 1.807) is 25.1 Å². The normalized spacial score (nSPS) is 11.6. The summed E-state index contributed by atoms with van der Waals surface area (Å²) in [6.07, 6.45) is -2.95. The lowest BCUT2D eigenvalue weighted by Crippen LogP contribution is -2.11. The van der Waals surface area contributed by atoms with Gasteiger partial charge >= 0.3 is 12.1 Å². The molecule has 0 aliphatic carbocycles. The Balaban J connectivity index is 2.29. The predicted molar refractivity (Wildman–Crippen MR) is 104 cm³/mol. The van der Waals surface area contributed by atoms with Crippen LogP contribution in [0.2, 0.25) is 0 Å². The zero-order valence-corrected chi connectivity index (χ0v) is 15.4. The van der Waals surface area contributed by atoms with Gasteiger partial charge in [0.05, 0.1) is 17.7 Å². The van der Waals surface area contributed by atoms with Gasteiger partial charge in [0.1, 0.15) is 5.82 Å². The Kier molecular flexibility index (Phi) is 4.93. The third kappa shape index (κ3) is 3.24. The van der Waals surface area contributed by atoms with E-state index in [1.807, 2.05) is 6.92 Å². The molecule has 0 amide bonds. The summed E-state index contributed by atoms with van der Waals surface area (Å²) in [5.41, 5.74) is 8.17. The molecule has 0 fully saturated rings. The van der Waals surface area contributed by atoms with Crippen molar-refractivity contribution in [2.45, 2.75) is 20.0 Å². The van der Waals surface area contributed by atoms with Gasteiger partial charge in [0, 0.05) is 16.5 Å². The van der Waals surface area contributed by atoms with Crippen LogP contribution in [0.15, 0.2) is 36.9 Å². The van der Waals surface area contributed by atoms with Crippen LogP contribution < -0.4 is 5.73 Å². The van der Waals surface area contributed by atoms with Crippen molar-refractivity contribution in [1.82, 2.24) is 4.98 Å². The molecule has 28 heavy (non-hydrogen) atoms. The lowest BCUT2D eigenvalue weighted by Gasteiger charge is -2.15. The number of nitrogen functional groups attached to an aromatic ring is 1. The fourth-order valence-electron chi connectivity index (χ4n) is 3.35. The number of aryl methyl sites for hydroxylation is 1. The second-order valence-corrected chi connectivity index (χ2v) is 6.30. The molecule has 146 valence electrons. The van der Waals surface area contributed by atoms with E-state index in [2.05, 4.69) is 11.6 Å². The van der Waals surface area contributed by atoms with Crippen LogP contribution in [0.1, 0.15) is 34.0 Å². The number of carbonyl (C=O) groups is 1. The summed E-state index contributed by atoms with van der Waals surface area (Å²) in [6.45, 7) is 7.25. The minimum Gasteiger partial charge on any atom is -0.462 e. The second kappa shape index (κ2) is 7.07. The monoisotopic (exact) mass is 388 g/mol. The molecule has 0 spiro atoms. The molecule has 0 radical (unpaired) electrons. The largest absolute Gasteiger partial charge is 0.462 e. The number of carbonyl (C=O) groups excluding carboxylic acids is 1. The van der Waals surface area contributed by atoms with Crippen molar-refractivity contribution in [2.24, 2.45) is 0 Å². The van der Waals surface area contributed by atoms with Crippen LogP contribution in [0.5, 0.6) is 0 Å². The molecular formula is C21H19F3N2O2. The summed E-state index contributed by atoms with van der Waals surface area (Å²) in [5.74, 6) is -0.357. The smallest absolute Gasteiger partial charge is 0.416 e. The van der Waals surface area contributed by atoms with Gasteiger partial charge in [0.15, 0.2) is 0 Å². The van der Waals surface area contributed by atoms with Gasteiger partial charge in [0.25, 0.3) is 0 Å². The van der Waals surface area contributed by atoms with Crippen LogP contribution in [0.25, 0.3) is 28.1 Å². The van der Waals surface area contributed by atoms with Crippen LogP contribution in [-0.4, -0.2) is 17.6 Å². The van der Waals surface area contributed by atoms with E-state index >= 15 is 0 Å². The summed E-state index contributed by atoms with van der Waals surface area (Å²) in [5, 5.41) is 0.805. The summed E-state index contributed by atoms with van der Waals surface area (Å²) < 4.78 is 44.5. The van der Waals surface area contributed by atoms with Crippen molar-refractivity contribution in [3.8, 4) is 11.1 Å². The number of hydrogen-bond donors (Lipinski definition) is 2. The van der Waals surface area contributed by atoms with Crippen LogP contribution >= 0.6 is 0 Å². The third-order valence-electron chi connectivity index (χ3n) is 4.63. The average Bonchev–Trinajstić information content (AvgIpc) is 2.97. The number of esters is 1. The molecule has 0 aliphatic rings. The Morgan fingerprint density at radius 1 is 1.25 bits per heavy atom. The van der Waals surface area contributed by atoms with E-state index in [4.69, 9.17) is 10.5 Å². The highest BCUT2D eigenvalue weighted by molar-refractivity contribution is 6.03. The Morgan fingerprint density at radius 3 is 2.54 bits per heavy atom. The minimum absolute atomic E-state index is 0.0570. The van der Waals surface area contributed by atoms with Crippen molar-refractivity contribution in [1.29, 1.82) is 0 Å². The quantitative estimate of drug-likeness (QED) is 0.575. The van der Waals surface area contributed by atoms with Gasteiger partial charge in [-0.1, -0.05) is 24.8 Å². The van der Waals surface area contributed by atoms with Crippen molar-refractivity contribution < 1.29 is 22.7 Å². The number of H-pyrrole nitrogens is 1. The summed E-state index contributed by atoms with van der Waals surface area (Å²) in [4.78, 5) is 15.4. The Bertz CT molecular complexity index is 1080. The van der Waals surface area contributed by atoms with E-state index in [0.29, 0.717) is 22.5 Å². The SMILES string of the molecule is C=Cc1c(N)[nH]c2ccc(-c3ccc(C(F)(F)F)cc3C(=O)OCC)c(C)c12. The fraction of sp³-hybridized carbons (Fsp3) is 0.190. The number of fused-ring (bicyclic) bond motifs is 1. The standard InChI is InChI=1S/C21H19F3N2O2/c1-4-13-18-11(3)14(8-9-17(18)26-19(13)25)15-7-6-12(21(22,23)24)10-16(15)20(27)28-5-2/h4,6-10,26H,1,5,25H2,2-3H3. The molecule has 3 N–H and O–H groups in total. The minimum atomic E-state index is -4.57. The number of aromatic nitrogens is 1. The van der Waals surface area contributed by atoms with E-state index in [1.165, 1.54) is 6.07 Å². The second-order valence-electron chi connectivity index (χ2n) is 6.30. The lowest BCUT2D eigenvalue weighted by molar-refractivity contribution is -0.137. The molecule has 1 aromatic heterocycles. The van der Waals surface area contributed by atoms with Gasteiger partial charge in [-0.2, -0.15) is 13.2 Å². The number of ether oxygens (including phenoxy) is 1. The Labute approximate surface area is 159 Å². The average molecular weight is 388 g/mol. The van der Waals surface area contributed by atoms with Crippen molar-refractivity contribution in [3.63, 3.8) is 0 Å². The summed E-state index contributed by atoms with van der Waals surface area (Å²) >= 11 is 0. The first-order valence-electron chi connectivity index (χ1n) is 8.61. The first-order chi connectivity index (χ1) is 13.2. The number of alkyl halides is 3. The van der Waals surface area contributed by atoms with Gasteiger partial charge in [-0.05, 0) is 48.7 Å². The molecule has 4 nitrogen and oxygen atoms in total. The van der Waals surface area contributed by atoms with E-state index < -0.39 is 17.7 Å². The van der Waals surface area contributed by atoms with Crippen molar-refractivity contribution in [3.05, 3.63) is 59.2 Å². The van der Waals surface area contributed by atoms with Crippen molar-refractivity contribution in [2.75, 3.05) is 12.3 Å². The van der Waals surface area contributed by atoms with Gasteiger partial charge < -0.3 is 15.5 Å². The molecule has 0 atom stereocenters. The number of benzene rings is 2. The molecular weight excluding hydrogens is 369 g/mol. The number of halogens is 3. The highest BCUT2D eigenvalue weighted by atomic mass is 19.4. The molecule has 0 unspecified atom stereocenters. The van der Waals surface area contributed by atoms with Crippen LogP contribution in [0, 0.1) is 6.92 Å². The van der Waals surface area contributed by atoms with Gasteiger partial charge in [-0.15, -0.1) is 0 Å². The lowest BCUT2D eigenvalue weighted by atomic mass is 9.91. The highest BCUT2D eigenvalue weighted by Gasteiger charge is 2.32. The molecule has 0 aliphatic heterocycles. The highest BCUT2D eigenvalue weighted by Crippen LogP contribution is 2.38. The topological polar surface area (TPSA) is 68.1 Å². The molecule has 2 aromatic carbocycles. The molecule has 3 aromatic rings. The number of nitrogens with two attached hydrogens (primary N) is 1. The van der Waals surface area contributed by atoms with Gasteiger partial charge in [0.2, 0.25) is 0 Å². The van der Waals surface area contributed by atoms with E-state index in [-0.39, 0.29) is 12.2 Å². The van der Waals surface area contributed by atoms with Crippen LogP contribution in [0.3, 0.4) is 0 Å².